The summed E-state index contributed by atoms with van der Waals surface area (Å²) < 4.78 is 10.7. The van der Waals surface area contributed by atoms with Crippen molar-refractivity contribution in [2.45, 2.75) is 104 Å². The van der Waals surface area contributed by atoms with Gasteiger partial charge in [-0.2, -0.15) is 0 Å². The zero-order valence-electron chi connectivity index (χ0n) is 18.4. The van der Waals surface area contributed by atoms with Crippen molar-refractivity contribution in [3.05, 3.63) is 0 Å². The summed E-state index contributed by atoms with van der Waals surface area (Å²) in [7, 11) is 1.62. The second kappa shape index (κ2) is 16.9. The van der Waals surface area contributed by atoms with E-state index in [0.717, 1.165) is 38.5 Å². The largest absolute Gasteiger partial charge is 0.464 e. The van der Waals surface area contributed by atoms with Crippen molar-refractivity contribution in [1.82, 2.24) is 4.90 Å². The fourth-order valence-corrected chi connectivity index (χ4v) is 3.10. The minimum atomic E-state index is -0.599. The van der Waals surface area contributed by atoms with Crippen LogP contribution in [0.2, 0.25) is 0 Å². The normalized spacial score (nSPS) is 12.1. The third kappa shape index (κ3) is 12.7. The monoisotopic (exact) mass is 385 g/mol. The molecule has 27 heavy (non-hydrogen) atoms. The molecule has 1 unspecified atom stereocenters. The van der Waals surface area contributed by atoms with Gasteiger partial charge in [0.25, 0.3) is 0 Å². The quantitative estimate of drug-likeness (QED) is 0.243. The zero-order chi connectivity index (χ0) is 20.5. The van der Waals surface area contributed by atoms with Crippen molar-refractivity contribution in [2.24, 2.45) is 5.92 Å². The third-order valence-electron chi connectivity index (χ3n) is 4.79. The van der Waals surface area contributed by atoms with Crippen LogP contribution in [0.3, 0.4) is 0 Å². The number of likely N-dealkylation sites (N-methyl/N-ethyl adjacent to an activating group) is 1. The van der Waals surface area contributed by atoms with E-state index in [9.17, 15) is 9.59 Å². The highest BCUT2D eigenvalue weighted by atomic mass is 16.6. The third-order valence-corrected chi connectivity index (χ3v) is 4.79. The molecule has 0 N–H and O–H groups in total. The minimum Gasteiger partial charge on any atom is -0.464 e. The molecule has 0 aliphatic carbocycles. The van der Waals surface area contributed by atoms with Crippen LogP contribution < -0.4 is 0 Å². The number of carbonyl (C=O) groups is 2. The van der Waals surface area contributed by atoms with Crippen molar-refractivity contribution in [3.63, 3.8) is 0 Å². The van der Waals surface area contributed by atoms with Crippen LogP contribution in [-0.2, 0) is 14.3 Å². The number of rotatable bonds is 16. The van der Waals surface area contributed by atoms with Crippen LogP contribution in [0.25, 0.3) is 0 Å². The van der Waals surface area contributed by atoms with Gasteiger partial charge in [-0.3, -0.25) is 4.90 Å². The maximum Gasteiger partial charge on any atom is 0.410 e. The van der Waals surface area contributed by atoms with Crippen molar-refractivity contribution in [3.8, 4) is 0 Å². The van der Waals surface area contributed by atoms with Crippen LogP contribution in [0.1, 0.15) is 98.3 Å². The van der Waals surface area contributed by atoms with Crippen molar-refractivity contribution >= 4 is 12.1 Å². The molecule has 0 aliphatic heterocycles. The molecular formula is C22H43NO4. The van der Waals surface area contributed by atoms with E-state index in [4.69, 9.17) is 9.47 Å². The molecule has 0 aromatic heterocycles. The average molecular weight is 386 g/mol. The van der Waals surface area contributed by atoms with E-state index >= 15 is 0 Å². The van der Waals surface area contributed by atoms with Gasteiger partial charge in [-0.15, -0.1) is 0 Å². The van der Waals surface area contributed by atoms with Crippen LogP contribution in [0, 0.1) is 5.92 Å². The Bertz CT molecular complexity index is 385. The Morgan fingerprint density at radius 3 is 1.70 bits per heavy atom. The summed E-state index contributed by atoms with van der Waals surface area (Å²) in [5, 5.41) is 0. The van der Waals surface area contributed by atoms with Gasteiger partial charge in [0.1, 0.15) is 6.04 Å². The summed E-state index contributed by atoms with van der Waals surface area (Å²) in [5.74, 6) is -0.356. The highest BCUT2D eigenvalue weighted by molar-refractivity contribution is 5.81. The molecule has 5 heteroatoms. The van der Waals surface area contributed by atoms with Crippen molar-refractivity contribution < 1.29 is 19.1 Å². The van der Waals surface area contributed by atoms with E-state index < -0.39 is 12.1 Å². The highest BCUT2D eigenvalue weighted by Gasteiger charge is 2.32. The molecule has 0 saturated heterocycles. The van der Waals surface area contributed by atoms with Gasteiger partial charge in [0.15, 0.2) is 0 Å². The average Bonchev–Trinajstić information content (AvgIpc) is 2.63. The minimum absolute atomic E-state index is 0.0239. The number of nitrogens with zero attached hydrogens (tertiary/aromatic N) is 1. The van der Waals surface area contributed by atoms with Crippen LogP contribution in [-0.4, -0.2) is 43.3 Å². The summed E-state index contributed by atoms with van der Waals surface area (Å²) >= 11 is 0. The molecule has 1 amide bonds. The van der Waals surface area contributed by atoms with Gasteiger partial charge >= 0.3 is 12.1 Å². The predicted octanol–water partition coefficient (Wildman–Crippen LogP) is 5.95. The smallest absolute Gasteiger partial charge is 0.410 e. The van der Waals surface area contributed by atoms with E-state index in [1.165, 1.54) is 37.0 Å². The number of hydrogen-bond acceptors (Lipinski definition) is 4. The molecule has 0 aliphatic rings. The molecule has 0 saturated carbocycles. The Labute approximate surface area is 167 Å². The summed E-state index contributed by atoms with van der Waals surface area (Å²) in [6.07, 6.45) is 12.0. The first-order chi connectivity index (χ1) is 13.0. The molecule has 0 spiro atoms. The fourth-order valence-electron chi connectivity index (χ4n) is 3.10. The Morgan fingerprint density at radius 1 is 0.741 bits per heavy atom. The lowest BCUT2D eigenvalue weighted by Gasteiger charge is -2.28. The van der Waals surface area contributed by atoms with Crippen molar-refractivity contribution in [1.29, 1.82) is 0 Å². The number of amides is 1. The second-order valence-electron chi connectivity index (χ2n) is 7.76. The van der Waals surface area contributed by atoms with Crippen LogP contribution in [0.5, 0.6) is 0 Å². The van der Waals surface area contributed by atoms with E-state index in [2.05, 4.69) is 13.8 Å². The lowest BCUT2D eigenvalue weighted by atomic mass is 10.0. The molecule has 5 nitrogen and oxygen atoms in total. The lowest BCUT2D eigenvalue weighted by molar-refractivity contribution is -0.150. The molecule has 0 radical (unpaired) electrons. The van der Waals surface area contributed by atoms with Crippen LogP contribution in [0.4, 0.5) is 4.79 Å². The highest BCUT2D eigenvalue weighted by Crippen LogP contribution is 2.14. The van der Waals surface area contributed by atoms with Gasteiger partial charge in [-0.05, 0) is 18.8 Å². The zero-order valence-corrected chi connectivity index (χ0v) is 18.4. The van der Waals surface area contributed by atoms with E-state index in [1.807, 2.05) is 13.8 Å². The molecule has 160 valence electrons. The first-order valence-corrected chi connectivity index (χ1v) is 11.0. The molecule has 0 bridgehead atoms. The van der Waals surface area contributed by atoms with E-state index in [-0.39, 0.29) is 11.9 Å². The maximum absolute atomic E-state index is 12.4. The Morgan fingerprint density at radius 2 is 1.19 bits per heavy atom. The second-order valence-corrected chi connectivity index (χ2v) is 7.76. The number of unbranched alkanes of at least 4 members (excludes halogenated alkanes) is 9. The summed E-state index contributed by atoms with van der Waals surface area (Å²) in [5.41, 5.74) is 0. The molecule has 0 aromatic rings. The molecule has 0 heterocycles. The van der Waals surface area contributed by atoms with Gasteiger partial charge < -0.3 is 9.47 Å². The molecular weight excluding hydrogens is 342 g/mol. The fraction of sp³-hybridized carbons (Fsp3) is 0.909. The Balaban J connectivity index is 4.16. The van der Waals surface area contributed by atoms with Gasteiger partial charge in [0, 0.05) is 7.05 Å². The van der Waals surface area contributed by atoms with E-state index in [0.29, 0.717) is 13.2 Å². The summed E-state index contributed by atoms with van der Waals surface area (Å²) in [6, 6.07) is -0.599. The summed E-state index contributed by atoms with van der Waals surface area (Å²) in [6.45, 7) is 9.03. The Hall–Kier alpha value is -1.26. The predicted molar refractivity (Wildman–Crippen MR) is 111 cm³/mol. The maximum atomic E-state index is 12.4. The standard InChI is InChI=1S/C22H43NO4/c1-6-8-10-12-13-14-16-17-26-21(24)20(19(3)4)23(5)22(25)27-18-15-11-9-7-2/h19-20H,6-18H2,1-5H3. The Kier molecular flexibility index (Phi) is 16.1. The van der Waals surface area contributed by atoms with Crippen LogP contribution in [0.15, 0.2) is 0 Å². The van der Waals surface area contributed by atoms with E-state index in [1.54, 1.807) is 7.05 Å². The molecule has 0 aromatic carbocycles. The first kappa shape index (κ1) is 25.7. The number of ether oxygens (including phenoxy) is 2. The first-order valence-electron chi connectivity index (χ1n) is 11.0. The molecule has 0 rings (SSSR count). The molecule has 0 fully saturated rings. The number of esters is 1. The topological polar surface area (TPSA) is 55.8 Å². The molecule has 1 atom stereocenters. The van der Waals surface area contributed by atoms with Gasteiger partial charge in [-0.25, -0.2) is 9.59 Å². The van der Waals surface area contributed by atoms with Gasteiger partial charge in [0.05, 0.1) is 13.2 Å². The lowest BCUT2D eigenvalue weighted by Crippen LogP contribution is -2.46. The van der Waals surface area contributed by atoms with Crippen molar-refractivity contribution in [2.75, 3.05) is 20.3 Å². The SMILES string of the molecule is CCCCCCCCCOC(=O)C(C(C)C)N(C)C(=O)OCCCCCC. The summed E-state index contributed by atoms with van der Waals surface area (Å²) in [4.78, 5) is 26.1. The number of carbonyl (C=O) groups excluding carboxylic acids is 2. The number of hydrogen-bond donors (Lipinski definition) is 0. The van der Waals surface area contributed by atoms with Crippen LogP contribution >= 0.6 is 0 Å². The van der Waals surface area contributed by atoms with Gasteiger partial charge in [0.2, 0.25) is 0 Å². The van der Waals surface area contributed by atoms with Gasteiger partial charge in [-0.1, -0.05) is 85.5 Å².